The van der Waals surface area contributed by atoms with Gasteiger partial charge in [0.05, 0.1) is 0 Å². The summed E-state index contributed by atoms with van der Waals surface area (Å²) < 4.78 is 5.48. The molecule has 1 amide bonds. The van der Waals surface area contributed by atoms with Crippen LogP contribution in [0.1, 0.15) is 6.92 Å². The molecule has 2 rings (SSSR count). The molecule has 1 atom stereocenters. The van der Waals surface area contributed by atoms with E-state index in [9.17, 15) is 4.79 Å². The summed E-state index contributed by atoms with van der Waals surface area (Å²) in [6.07, 6.45) is -0.621. The second kappa shape index (κ2) is 5.91. The van der Waals surface area contributed by atoms with Gasteiger partial charge in [0.2, 0.25) is 0 Å². The van der Waals surface area contributed by atoms with E-state index in [4.69, 9.17) is 9.84 Å². The predicted molar refractivity (Wildman–Crippen MR) is 73.3 cm³/mol. The fourth-order valence-corrected chi connectivity index (χ4v) is 1.55. The Hall–Kier alpha value is -2.49. The van der Waals surface area contributed by atoms with E-state index in [0.29, 0.717) is 5.75 Å². The highest BCUT2D eigenvalue weighted by molar-refractivity contribution is 5.94. The SMILES string of the molecule is CC(Oc1ccc(O)cc1)C(=O)Nc1ccccc1. The summed E-state index contributed by atoms with van der Waals surface area (Å²) in [4.78, 5) is 11.9. The van der Waals surface area contributed by atoms with Gasteiger partial charge < -0.3 is 15.2 Å². The Kier molecular flexibility index (Phi) is 4.03. The second-order valence-electron chi connectivity index (χ2n) is 4.11. The fraction of sp³-hybridized carbons (Fsp3) is 0.133. The van der Waals surface area contributed by atoms with Crippen LogP contribution < -0.4 is 10.1 Å². The van der Waals surface area contributed by atoms with Crippen molar-refractivity contribution in [2.75, 3.05) is 5.32 Å². The minimum Gasteiger partial charge on any atom is -0.508 e. The molecule has 0 aliphatic heterocycles. The first-order valence-electron chi connectivity index (χ1n) is 5.97. The zero-order valence-corrected chi connectivity index (χ0v) is 10.5. The van der Waals surface area contributed by atoms with Gasteiger partial charge in [0, 0.05) is 5.69 Å². The van der Waals surface area contributed by atoms with Crippen LogP contribution in [0, 0.1) is 0 Å². The molecule has 0 saturated heterocycles. The van der Waals surface area contributed by atoms with Gasteiger partial charge in [0.15, 0.2) is 6.10 Å². The molecule has 4 nitrogen and oxygen atoms in total. The van der Waals surface area contributed by atoms with Crippen molar-refractivity contribution < 1.29 is 14.6 Å². The third kappa shape index (κ3) is 3.74. The molecule has 0 radical (unpaired) electrons. The number of benzene rings is 2. The van der Waals surface area contributed by atoms with Crippen LogP contribution in [0.5, 0.6) is 11.5 Å². The molecule has 0 fully saturated rings. The molecule has 98 valence electrons. The van der Waals surface area contributed by atoms with Crippen molar-refractivity contribution in [1.82, 2.24) is 0 Å². The van der Waals surface area contributed by atoms with Crippen molar-refractivity contribution in [3.05, 3.63) is 54.6 Å². The number of para-hydroxylation sites is 1. The maximum absolute atomic E-state index is 11.9. The first-order valence-corrected chi connectivity index (χ1v) is 5.97. The zero-order chi connectivity index (χ0) is 13.7. The van der Waals surface area contributed by atoms with Gasteiger partial charge in [-0.25, -0.2) is 0 Å². The summed E-state index contributed by atoms with van der Waals surface area (Å²) in [6.45, 7) is 1.67. The first kappa shape index (κ1) is 13.0. The Morgan fingerprint density at radius 3 is 2.37 bits per heavy atom. The van der Waals surface area contributed by atoms with Crippen molar-refractivity contribution in [3.8, 4) is 11.5 Å². The molecule has 2 aromatic rings. The van der Waals surface area contributed by atoms with Crippen molar-refractivity contribution in [3.63, 3.8) is 0 Å². The number of rotatable bonds is 4. The summed E-state index contributed by atoms with van der Waals surface area (Å²) >= 11 is 0. The largest absolute Gasteiger partial charge is 0.508 e. The van der Waals surface area contributed by atoms with Gasteiger partial charge in [-0.15, -0.1) is 0 Å². The smallest absolute Gasteiger partial charge is 0.265 e. The Morgan fingerprint density at radius 1 is 1.11 bits per heavy atom. The van der Waals surface area contributed by atoms with E-state index in [1.807, 2.05) is 30.3 Å². The molecule has 0 saturated carbocycles. The van der Waals surface area contributed by atoms with Gasteiger partial charge in [-0.05, 0) is 43.3 Å². The molecule has 0 bridgehead atoms. The molecular formula is C15H15NO3. The topological polar surface area (TPSA) is 58.6 Å². The maximum atomic E-state index is 11.9. The molecule has 0 aliphatic carbocycles. The molecule has 2 aromatic carbocycles. The van der Waals surface area contributed by atoms with Crippen molar-refractivity contribution >= 4 is 11.6 Å². The van der Waals surface area contributed by atoms with Crippen LogP contribution in [0.3, 0.4) is 0 Å². The highest BCUT2D eigenvalue weighted by Gasteiger charge is 2.14. The van der Waals surface area contributed by atoms with E-state index in [0.717, 1.165) is 5.69 Å². The third-order valence-electron chi connectivity index (χ3n) is 2.56. The minimum atomic E-state index is -0.621. The van der Waals surface area contributed by atoms with E-state index >= 15 is 0 Å². The number of carbonyl (C=O) groups is 1. The molecular weight excluding hydrogens is 242 g/mol. The molecule has 1 unspecified atom stereocenters. The van der Waals surface area contributed by atoms with E-state index in [-0.39, 0.29) is 11.7 Å². The Labute approximate surface area is 111 Å². The zero-order valence-electron chi connectivity index (χ0n) is 10.5. The van der Waals surface area contributed by atoms with Crippen LogP contribution in [-0.2, 0) is 4.79 Å². The van der Waals surface area contributed by atoms with Gasteiger partial charge in [0.25, 0.3) is 5.91 Å². The quantitative estimate of drug-likeness (QED) is 0.885. The molecule has 4 heteroatoms. The number of ether oxygens (including phenoxy) is 1. The number of aromatic hydroxyl groups is 1. The summed E-state index contributed by atoms with van der Waals surface area (Å²) in [5.41, 5.74) is 0.730. The van der Waals surface area contributed by atoms with Crippen LogP contribution >= 0.6 is 0 Å². The van der Waals surface area contributed by atoms with Gasteiger partial charge in [-0.3, -0.25) is 4.79 Å². The molecule has 0 heterocycles. The molecule has 0 aromatic heterocycles. The standard InChI is InChI=1S/C15H15NO3/c1-11(19-14-9-7-13(17)8-10-14)15(18)16-12-5-3-2-4-6-12/h2-11,17H,1H3,(H,16,18). The summed E-state index contributed by atoms with van der Waals surface area (Å²) in [7, 11) is 0. The van der Waals surface area contributed by atoms with Crippen LogP contribution in [-0.4, -0.2) is 17.1 Å². The lowest BCUT2D eigenvalue weighted by Crippen LogP contribution is -2.30. The summed E-state index contributed by atoms with van der Waals surface area (Å²) in [5.74, 6) is 0.474. The number of hydrogen-bond acceptors (Lipinski definition) is 3. The lowest BCUT2D eigenvalue weighted by Gasteiger charge is -2.14. The van der Waals surface area contributed by atoms with Crippen molar-refractivity contribution in [2.24, 2.45) is 0 Å². The van der Waals surface area contributed by atoms with Gasteiger partial charge in [0.1, 0.15) is 11.5 Å². The number of phenols is 1. The average Bonchev–Trinajstić information content (AvgIpc) is 2.42. The lowest BCUT2D eigenvalue weighted by molar-refractivity contribution is -0.122. The van der Waals surface area contributed by atoms with E-state index in [1.165, 1.54) is 12.1 Å². The van der Waals surface area contributed by atoms with Crippen molar-refractivity contribution in [2.45, 2.75) is 13.0 Å². The summed E-state index contributed by atoms with van der Waals surface area (Å²) in [6, 6.07) is 15.4. The van der Waals surface area contributed by atoms with E-state index in [2.05, 4.69) is 5.32 Å². The number of nitrogens with one attached hydrogen (secondary N) is 1. The van der Waals surface area contributed by atoms with Crippen LogP contribution in [0.4, 0.5) is 5.69 Å². The fourth-order valence-electron chi connectivity index (χ4n) is 1.55. The molecule has 0 spiro atoms. The maximum Gasteiger partial charge on any atom is 0.265 e. The number of carbonyl (C=O) groups excluding carboxylic acids is 1. The summed E-state index contributed by atoms with van der Waals surface area (Å²) in [5, 5.41) is 11.9. The van der Waals surface area contributed by atoms with Crippen LogP contribution in [0.25, 0.3) is 0 Å². The predicted octanol–water partition coefficient (Wildman–Crippen LogP) is 2.80. The van der Waals surface area contributed by atoms with E-state index < -0.39 is 6.10 Å². The number of phenolic OH excluding ortho intramolecular Hbond substituents is 1. The number of amides is 1. The molecule has 19 heavy (non-hydrogen) atoms. The Morgan fingerprint density at radius 2 is 1.74 bits per heavy atom. The highest BCUT2D eigenvalue weighted by Crippen LogP contribution is 2.17. The monoisotopic (exact) mass is 257 g/mol. The third-order valence-corrected chi connectivity index (χ3v) is 2.56. The van der Waals surface area contributed by atoms with Crippen LogP contribution in [0.2, 0.25) is 0 Å². The first-order chi connectivity index (χ1) is 9.15. The molecule has 2 N–H and O–H groups in total. The van der Waals surface area contributed by atoms with E-state index in [1.54, 1.807) is 19.1 Å². The average molecular weight is 257 g/mol. The molecule has 0 aliphatic rings. The lowest BCUT2D eigenvalue weighted by atomic mass is 10.3. The number of anilines is 1. The second-order valence-corrected chi connectivity index (χ2v) is 4.11. The highest BCUT2D eigenvalue weighted by atomic mass is 16.5. The Balaban J connectivity index is 1.94. The van der Waals surface area contributed by atoms with Crippen LogP contribution in [0.15, 0.2) is 54.6 Å². The Bertz CT molecular complexity index is 537. The minimum absolute atomic E-state index is 0.161. The normalized spacial score (nSPS) is 11.6. The van der Waals surface area contributed by atoms with Gasteiger partial charge >= 0.3 is 0 Å². The number of hydrogen-bond donors (Lipinski definition) is 2. The van der Waals surface area contributed by atoms with Gasteiger partial charge in [-0.2, -0.15) is 0 Å². The van der Waals surface area contributed by atoms with Crippen molar-refractivity contribution in [1.29, 1.82) is 0 Å². The van der Waals surface area contributed by atoms with Gasteiger partial charge in [-0.1, -0.05) is 18.2 Å².